The number of nitriles is 1. The second-order valence-electron chi connectivity index (χ2n) is 5.13. The first-order valence-corrected chi connectivity index (χ1v) is 6.70. The van der Waals surface area contributed by atoms with E-state index >= 15 is 0 Å². The summed E-state index contributed by atoms with van der Waals surface area (Å²) in [5.74, 6) is 0.351. The van der Waals surface area contributed by atoms with Crippen molar-refractivity contribution < 1.29 is 4.39 Å². The minimum atomic E-state index is -0.296. The summed E-state index contributed by atoms with van der Waals surface area (Å²) in [5, 5.41) is 9.40. The van der Waals surface area contributed by atoms with E-state index in [1.54, 1.807) is 6.07 Å². The third-order valence-electron chi connectivity index (χ3n) is 3.65. The van der Waals surface area contributed by atoms with Gasteiger partial charge >= 0.3 is 0 Å². The molecule has 1 aliphatic rings. The van der Waals surface area contributed by atoms with Crippen molar-refractivity contribution in [1.29, 1.82) is 5.26 Å². The third-order valence-corrected chi connectivity index (χ3v) is 4.54. The Bertz CT molecular complexity index is 466. The Kier molecular flexibility index (Phi) is 3.53. The molecule has 2 atom stereocenters. The molecule has 0 N–H and O–H groups in total. The minimum Gasteiger partial charge on any atom is -0.206 e. The van der Waals surface area contributed by atoms with Gasteiger partial charge in [-0.2, -0.15) is 5.26 Å². The van der Waals surface area contributed by atoms with Crippen LogP contribution in [-0.4, -0.2) is 0 Å². The fourth-order valence-electron chi connectivity index (χ4n) is 2.75. The Morgan fingerprint density at radius 2 is 2.35 bits per heavy atom. The average Bonchev–Trinajstić information content (AvgIpc) is 2.68. The Balaban J connectivity index is 2.26. The summed E-state index contributed by atoms with van der Waals surface area (Å²) in [6, 6.07) is 7.50. The van der Waals surface area contributed by atoms with Crippen LogP contribution in [0.3, 0.4) is 0 Å². The van der Waals surface area contributed by atoms with E-state index in [1.165, 1.54) is 6.07 Å². The summed E-state index contributed by atoms with van der Waals surface area (Å²) in [7, 11) is 0. The van der Waals surface area contributed by atoms with Crippen molar-refractivity contribution in [2.45, 2.75) is 32.6 Å². The normalized spacial score (nSPS) is 28.0. The molecule has 0 heterocycles. The predicted octanol–water partition coefficient (Wildman–Crippen LogP) is 4.46. The van der Waals surface area contributed by atoms with Crippen LogP contribution in [0.1, 0.15) is 31.7 Å². The summed E-state index contributed by atoms with van der Waals surface area (Å²) < 4.78 is 13.9. The van der Waals surface area contributed by atoms with E-state index in [0.717, 1.165) is 24.8 Å². The zero-order chi connectivity index (χ0) is 12.5. The number of rotatable bonds is 2. The zero-order valence-corrected chi connectivity index (χ0v) is 11.4. The van der Waals surface area contributed by atoms with Crippen LogP contribution in [0.5, 0.6) is 0 Å². The van der Waals surface area contributed by atoms with Crippen molar-refractivity contribution in [2.75, 3.05) is 0 Å². The number of hydrogen-bond donors (Lipinski definition) is 0. The van der Waals surface area contributed by atoms with Gasteiger partial charge in [0.2, 0.25) is 0 Å². The van der Waals surface area contributed by atoms with Gasteiger partial charge in [-0.1, -0.05) is 19.1 Å². The van der Waals surface area contributed by atoms with E-state index in [9.17, 15) is 9.65 Å². The maximum absolute atomic E-state index is 13.4. The summed E-state index contributed by atoms with van der Waals surface area (Å²) in [4.78, 5) is 0. The highest BCUT2D eigenvalue weighted by atomic mass is 79.9. The molecule has 1 fully saturated rings. The molecule has 0 bridgehead atoms. The molecule has 3 heteroatoms. The summed E-state index contributed by atoms with van der Waals surface area (Å²) in [6.07, 6.45) is 3.59. The van der Waals surface area contributed by atoms with Crippen molar-refractivity contribution >= 4 is 15.9 Å². The molecular weight excluding hydrogens is 281 g/mol. The van der Waals surface area contributed by atoms with E-state index in [2.05, 4.69) is 28.9 Å². The molecule has 90 valence electrons. The lowest BCUT2D eigenvalue weighted by Crippen LogP contribution is -2.18. The maximum atomic E-state index is 13.4. The average molecular weight is 296 g/mol. The van der Waals surface area contributed by atoms with Gasteiger partial charge in [-0.3, -0.25) is 0 Å². The molecule has 0 amide bonds. The Hall–Kier alpha value is -0.880. The van der Waals surface area contributed by atoms with Gasteiger partial charge in [-0.25, -0.2) is 4.39 Å². The molecule has 1 saturated carbocycles. The Labute approximate surface area is 110 Å². The standard InChI is InChI=1S/C14H15BrFN/c1-10-5-6-14(7-10,9-17)8-11-3-2-4-12(16)13(11)15/h2-4,10H,5-8H2,1H3. The lowest BCUT2D eigenvalue weighted by Gasteiger charge is -2.21. The number of benzene rings is 1. The number of nitrogens with zero attached hydrogens (tertiary/aromatic N) is 1. The van der Waals surface area contributed by atoms with E-state index < -0.39 is 0 Å². The predicted molar refractivity (Wildman–Crippen MR) is 68.9 cm³/mol. The fraction of sp³-hybridized carbons (Fsp3) is 0.500. The highest BCUT2D eigenvalue weighted by Crippen LogP contribution is 2.44. The molecule has 2 unspecified atom stereocenters. The van der Waals surface area contributed by atoms with Crippen LogP contribution >= 0.6 is 15.9 Å². The van der Waals surface area contributed by atoms with Gasteiger partial charge in [0.05, 0.1) is 16.0 Å². The van der Waals surface area contributed by atoms with Crippen molar-refractivity contribution in [1.82, 2.24) is 0 Å². The van der Waals surface area contributed by atoms with Gasteiger partial charge in [-0.15, -0.1) is 0 Å². The first-order valence-electron chi connectivity index (χ1n) is 5.90. The molecule has 1 aromatic rings. The van der Waals surface area contributed by atoms with E-state index in [1.807, 2.05) is 6.07 Å². The summed E-state index contributed by atoms with van der Waals surface area (Å²) >= 11 is 3.27. The van der Waals surface area contributed by atoms with E-state index in [4.69, 9.17) is 0 Å². The highest BCUT2D eigenvalue weighted by molar-refractivity contribution is 9.10. The van der Waals surface area contributed by atoms with Crippen LogP contribution in [0.25, 0.3) is 0 Å². The molecule has 0 saturated heterocycles. The highest BCUT2D eigenvalue weighted by Gasteiger charge is 2.38. The Morgan fingerprint density at radius 3 is 2.94 bits per heavy atom. The minimum absolute atomic E-state index is 0.248. The fourth-order valence-corrected chi connectivity index (χ4v) is 3.15. The van der Waals surface area contributed by atoms with Gasteiger partial charge in [0, 0.05) is 0 Å². The molecule has 2 rings (SSSR count). The number of halogens is 2. The Morgan fingerprint density at radius 1 is 1.59 bits per heavy atom. The van der Waals surface area contributed by atoms with Crippen LogP contribution in [0, 0.1) is 28.5 Å². The monoisotopic (exact) mass is 295 g/mol. The van der Waals surface area contributed by atoms with Crippen molar-refractivity contribution in [3.05, 3.63) is 34.1 Å². The number of hydrogen-bond acceptors (Lipinski definition) is 1. The first-order chi connectivity index (χ1) is 8.06. The lowest BCUT2D eigenvalue weighted by molar-refractivity contribution is 0.390. The van der Waals surface area contributed by atoms with Gasteiger partial charge in [0.1, 0.15) is 5.82 Å². The maximum Gasteiger partial charge on any atom is 0.137 e. The lowest BCUT2D eigenvalue weighted by atomic mass is 9.81. The molecule has 17 heavy (non-hydrogen) atoms. The largest absolute Gasteiger partial charge is 0.206 e. The van der Waals surface area contributed by atoms with Crippen LogP contribution in [0.15, 0.2) is 22.7 Å². The third kappa shape index (κ3) is 2.52. The molecule has 1 nitrogen and oxygen atoms in total. The molecule has 0 aliphatic heterocycles. The molecule has 1 aromatic carbocycles. The van der Waals surface area contributed by atoms with E-state index in [0.29, 0.717) is 16.8 Å². The molecule has 0 aromatic heterocycles. The van der Waals surface area contributed by atoms with Crippen molar-refractivity contribution in [2.24, 2.45) is 11.3 Å². The van der Waals surface area contributed by atoms with Crippen molar-refractivity contribution in [3.8, 4) is 6.07 Å². The summed E-state index contributed by atoms with van der Waals surface area (Å²) in [6.45, 7) is 2.18. The van der Waals surface area contributed by atoms with Gasteiger partial charge in [0.25, 0.3) is 0 Å². The van der Waals surface area contributed by atoms with Gasteiger partial charge in [-0.05, 0) is 59.2 Å². The van der Waals surface area contributed by atoms with Crippen LogP contribution in [0.2, 0.25) is 0 Å². The quantitative estimate of drug-likeness (QED) is 0.790. The van der Waals surface area contributed by atoms with Crippen molar-refractivity contribution in [3.63, 3.8) is 0 Å². The van der Waals surface area contributed by atoms with Crippen LogP contribution in [0.4, 0.5) is 4.39 Å². The SMILES string of the molecule is CC1CCC(C#N)(Cc2cccc(F)c2Br)C1. The van der Waals surface area contributed by atoms with Crippen LogP contribution < -0.4 is 0 Å². The van der Waals surface area contributed by atoms with Gasteiger partial charge in [0.15, 0.2) is 0 Å². The zero-order valence-electron chi connectivity index (χ0n) is 9.84. The molecule has 0 spiro atoms. The van der Waals surface area contributed by atoms with Crippen LogP contribution in [-0.2, 0) is 6.42 Å². The molecular formula is C14H15BrFN. The first kappa shape index (κ1) is 12.6. The topological polar surface area (TPSA) is 23.8 Å². The molecule has 0 radical (unpaired) electrons. The van der Waals surface area contributed by atoms with Gasteiger partial charge < -0.3 is 0 Å². The smallest absolute Gasteiger partial charge is 0.137 e. The second kappa shape index (κ2) is 4.78. The summed E-state index contributed by atoms with van der Waals surface area (Å²) in [5.41, 5.74) is 0.607. The second-order valence-corrected chi connectivity index (χ2v) is 5.92. The van der Waals surface area contributed by atoms with E-state index in [-0.39, 0.29) is 11.2 Å². The molecule has 1 aliphatic carbocycles.